The highest BCUT2D eigenvalue weighted by Gasteiger charge is 2.25. The summed E-state index contributed by atoms with van der Waals surface area (Å²) in [6.45, 7) is 2.26. The highest BCUT2D eigenvalue weighted by molar-refractivity contribution is 5.29. The lowest BCUT2D eigenvalue weighted by atomic mass is 9.78. The predicted octanol–water partition coefficient (Wildman–Crippen LogP) is 3.94. The lowest BCUT2D eigenvalue weighted by molar-refractivity contribution is 0.524. The predicted molar refractivity (Wildman–Crippen MR) is 80.5 cm³/mol. The minimum absolute atomic E-state index is 0.638. The average Bonchev–Trinajstić information content (AvgIpc) is 2.75. The van der Waals surface area contributed by atoms with Crippen LogP contribution in [0.15, 0.2) is 60.7 Å². The van der Waals surface area contributed by atoms with Crippen LogP contribution in [-0.4, -0.2) is 13.1 Å². The highest BCUT2D eigenvalue weighted by Crippen LogP contribution is 2.38. The third-order valence-corrected chi connectivity index (χ3v) is 4.21. The summed E-state index contributed by atoms with van der Waals surface area (Å²) in [5.41, 5.74) is 2.97. The van der Waals surface area contributed by atoms with Crippen LogP contribution in [0.3, 0.4) is 0 Å². The molecule has 1 aliphatic heterocycles. The fourth-order valence-electron chi connectivity index (χ4n) is 3.24. The minimum atomic E-state index is 0.638. The van der Waals surface area contributed by atoms with Crippen molar-refractivity contribution in [2.24, 2.45) is 0 Å². The first-order chi connectivity index (χ1) is 9.45. The molecule has 0 amide bonds. The molecule has 2 aromatic rings. The van der Waals surface area contributed by atoms with Crippen LogP contribution in [0.25, 0.3) is 0 Å². The van der Waals surface area contributed by atoms with E-state index in [1.807, 2.05) is 0 Å². The molecule has 2 atom stereocenters. The summed E-state index contributed by atoms with van der Waals surface area (Å²) in [6.07, 6.45) is 2.45. The molecule has 1 heteroatoms. The molecular formula is C18H21N. The Labute approximate surface area is 115 Å². The molecule has 0 bridgehead atoms. The van der Waals surface area contributed by atoms with Crippen molar-refractivity contribution < 1.29 is 0 Å². The molecule has 0 saturated carbocycles. The summed E-state index contributed by atoms with van der Waals surface area (Å²) in [4.78, 5) is 0. The molecule has 19 heavy (non-hydrogen) atoms. The van der Waals surface area contributed by atoms with E-state index in [1.54, 1.807) is 0 Å². The van der Waals surface area contributed by atoms with E-state index < -0.39 is 0 Å². The van der Waals surface area contributed by atoms with Gasteiger partial charge < -0.3 is 5.32 Å². The normalized spacial score (nSPS) is 23.8. The molecule has 1 saturated heterocycles. The summed E-state index contributed by atoms with van der Waals surface area (Å²) >= 11 is 0. The number of hydrogen-bond acceptors (Lipinski definition) is 1. The Morgan fingerprint density at radius 2 is 1.05 bits per heavy atom. The molecule has 0 spiro atoms. The van der Waals surface area contributed by atoms with Gasteiger partial charge in [0.15, 0.2) is 0 Å². The van der Waals surface area contributed by atoms with Crippen molar-refractivity contribution in [3.63, 3.8) is 0 Å². The van der Waals surface area contributed by atoms with Crippen molar-refractivity contribution in [3.8, 4) is 0 Å². The molecule has 0 radical (unpaired) electrons. The minimum Gasteiger partial charge on any atom is -0.317 e. The average molecular weight is 251 g/mol. The van der Waals surface area contributed by atoms with E-state index in [2.05, 4.69) is 66.0 Å². The van der Waals surface area contributed by atoms with Crippen molar-refractivity contribution >= 4 is 0 Å². The zero-order chi connectivity index (χ0) is 12.9. The summed E-state index contributed by atoms with van der Waals surface area (Å²) in [6, 6.07) is 22.0. The van der Waals surface area contributed by atoms with E-state index in [-0.39, 0.29) is 0 Å². The van der Waals surface area contributed by atoms with Gasteiger partial charge in [-0.1, -0.05) is 60.7 Å². The van der Waals surface area contributed by atoms with Gasteiger partial charge in [0, 0.05) is 0 Å². The molecular weight excluding hydrogens is 230 g/mol. The van der Waals surface area contributed by atoms with Crippen LogP contribution in [0, 0.1) is 0 Å². The molecule has 0 unspecified atom stereocenters. The van der Waals surface area contributed by atoms with E-state index in [9.17, 15) is 0 Å². The zero-order valence-corrected chi connectivity index (χ0v) is 11.3. The van der Waals surface area contributed by atoms with Crippen molar-refractivity contribution in [1.82, 2.24) is 5.32 Å². The second kappa shape index (κ2) is 6.03. The quantitative estimate of drug-likeness (QED) is 0.852. The van der Waals surface area contributed by atoms with Crippen LogP contribution in [0.5, 0.6) is 0 Å². The smallest absolute Gasteiger partial charge is 0.00429 e. The molecule has 0 aliphatic carbocycles. The monoisotopic (exact) mass is 251 g/mol. The SMILES string of the molecule is c1ccc([C@H]2CCNCC[C@H]2c2ccccc2)cc1. The maximum Gasteiger partial charge on any atom is -0.00429 e. The molecule has 1 nitrogen and oxygen atoms in total. The van der Waals surface area contributed by atoms with E-state index >= 15 is 0 Å². The number of nitrogens with one attached hydrogen (secondary N) is 1. The van der Waals surface area contributed by atoms with E-state index in [1.165, 1.54) is 24.0 Å². The topological polar surface area (TPSA) is 12.0 Å². The van der Waals surface area contributed by atoms with Gasteiger partial charge >= 0.3 is 0 Å². The first kappa shape index (κ1) is 12.4. The second-order valence-corrected chi connectivity index (χ2v) is 5.36. The number of benzene rings is 2. The molecule has 98 valence electrons. The maximum absolute atomic E-state index is 3.55. The molecule has 1 N–H and O–H groups in total. The Morgan fingerprint density at radius 1 is 0.632 bits per heavy atom. The van der Waals surface area contributed by atoms with Crippen LogP contribution >= 0.6 is 0 Å². The van der Waals surface area contributed by atoms with Crippen LogP contribution in [0.4, 0.5) is 0 Å². The van der Waals surface area contributed by atoms with Crippen molar-refractivity contribution in [3.05, 3.63) is 71.8 Å². The fourth-order valence-corrected chi connectivity index (χ4v) is 3.24. The molecule has 1 fully saturated rings. The van der Waals surface area contributed by atoms with Crippen molar-refractivity contribution in [1.29, 1.82) is 0 Å². The Hall–Kier alpha value is -1.60. The summed E-state index contributed by atoms with van der Waals surface area (Å²) in [5.74, 6) is 1.28. The molecule has 0 aromatic heterocycles. The molecule has 1 aliphatic rings. The number of rotatable bonds is 2. The number of hydrogen-bond donors (Lipinski definition) is 1. The maximum atomic E-state index is 3.55. The van der Waals surface area contributed by atoms with Crippen LogP contribution in [0.2, 0.25) is 0 Å². The van der Waals surface area contributed by atoms with Gasteiger partial charge in [-0.2, -0.15) is 0 Å². The molecule has 2 aromatic carbocycles. The standard InChI is InChI=1S/C18H21N/c1-3-7-15(8-4-1)17-11-13-19-14-12-18(17)16-9-5-2-6-10-16/h1-10,17-19H,11-14H2/t17-,18+. The Morgan fingerprint density at radius 3 is 1.47 bits per heavy atom. The van der Waals surface area contributed by atoms with Crippen LogP contribution < -0.4 is 5.32 Å². The van der Waals surface area contributed by atoms with E-state index in [4.69, 9.17) is 0 Å². The first-order valence-electron chi connectivity index (χ1n) is 7.26. The van der Waals surface area contributed by atoms with Gasteiger partial charge in [0.25, 0.3) is 0 Å². The van der Waals surface area contributed by atoms with Crippen LogP contribution in [-0.2, 0) is 0 Å². The third kappa shape index (κ3) is 2.87. The largest absolute Gasteiger partial charge is 0.317 e. The third-order valence-electron chi connectivity index (χ3n) is 4.21. The summed E-state index contributed by atoms with van der Waals surface area (Å²) in [7, 11) is 0. The van der Waals surface area contributed by atoms with Gasteiger partial charge in [-0.3, -0.25) is 0 Å². The van der Waals surface area contributed by atoms with Gasteiger partial charge in [-0.25, -0.2) is 0 Å². The zero-order valence-electron chi connectivity index (χ0n) is 11.3. The Kier molecular flexibility index (Phi) is 3.95. The van der Waals surface area contributed by atoms with Gasteiger partial charge in [-0.05, 0) is 48.9 Å². The van der Waals surface area contributed by atoms with Gasteiger partial charge in [-0.15, -0.1) is 0 Å². The molecule has 3 rings (SSSR count). The Balaban J connectivity index is 1.94. The summed E-state index contributed by atoms with van der Waals surface area (Å²) < 4.78 is 0. The lowest BCUT2D eigenvalue weighted by Crippen LogP contribution is -2.13. The molecule has 1 heterocycles. The fraction of sp³-hybridized carbons (Fsp3) is 0.333. The Bertz CT molecular complexity index is 444. The first-order valence-corrected chi connectivity index (χ1v) is 7.26. The van der Waals surface area contributed by atoms with E-state index in [0.29, 0.717) is 11.8 Å². The lowest BCUT2D eigenvalue weighted by Gasteiger charge is -2.25. The van der Waals surface area contributed by atoms with Crippen LogP contribution in [0.1, 0.15) is 35.8 Å². The highest BCUT2D eigenvalue weighted by atomic mass is 14.9. The van der Waals surface area contributed by atoms with Gasteiger partial charge in [0.1, 0.15) is 0 Å². The van der Waals surface area contributed by atoms with Gasteiger partial charge in [0.2, 0.25) is 0 Å². The van der Waals surface area contributed by atoms with Crippen molar-refractivity contribution in [2.75, 3.05) is 13.1 Å². The van der Waals surface area contributed by atoms with Crippen molar-refractivity contribution in [2.45, 2.75) is 24.7 Å². The summed E-state index contributed by atoms with van der Waals surface area (Å²) in [5, 5.41) is 3.55. The van der Waals surface area contributed by atoms with Gasteiger partial charge in [0.05, 0.1) is 0 Å². The van der Waals surface area contributed by atoms with E-state index in [0.717, 1.165) is 13.1 Å². The second-order valence-electron chi connectivity index (χ2n) is 5.36.